The first-order valence-corrected chi connectivity index (χ1v) is 6.80. The molecule has 0 saturated carbocycles. The number of aryl methyl sites for hydroxylation is 1. The third-order valence-electron chi connectivity index (χ3n) is 2.80. The minimum Gasteiger partial charge on any atom is -0.491 e. The molecule has 0 bridgehead atoms. The topological polar surface area (TPSA) is 54.9 Å². The van der Waals surface area contributed by atoms with E-state index in [1.807, 2.05) is 19.1 Å². The van der Waals surface area contributed by atoms with Crippen LogP contribution in [0.25, 0.3) is 0 Å². The van der Waals surface area contributed by atoms with Crippen LogP contribution in [-0.4, -0.2) is 39.9 Å². The highest BCUT2D eigenvalue weighted by Gasteiger charge is 2.05. The maximum atomic E-state index is 5.75. The lowest BCUT2D eigenvalue weighted by Gasteiger charge is -2.14. The maximum absolute atomic E-state index is 5.75. The highest BCUT2D eigenvalue weighted by molar-refractivity contribution is 5.79. The molecule has 0 radical (unpaired) electrons. The summed E-state index contributed by atoms with van der Waals surface area (Å²) >= 11 is 0. The maximum Gasteiger partial charge on any atom is 0.192 e. The van der Waals surface area contributed by atoms with E-state index in [1.54, 1.807) is 14.2 Å². The summed E-state index contributed by atoms with van der Waals surface area (Å²) in [4.78, 5) is 4.10. The first-order valence-electron chi connectivity index (χ1n) is 6.80. The molecule has 0 amide bonds. The van der Waals surface area contributed by atoms with E-state index in [0.29, 0.717) is 32.3 Å². The quantitative estimate of drug-likeness (QED) is 0.344. The second kappa shape index (κ2) is 9.67. The van der Waals surface area contributed by atoms with E-state index in [-0.39, 0.29) is 0 Å². The molecule has 1 aromatic rings. The van der Waals surface area contributed by atoms with Crippen LogP contribution in [-0.2, 0) is 11.3 Å². The molecular formula is C16H23N3O2. The Morgan fingerprint density at radius 1 is 1.33 bits per heavy atom. The molecule has 5 heteroatoms. The molecule has 0 saturated heterocycles. The minimum absolute atomic E-state index is 0.435. The van der Waals surface area contributed by atoms with E-state index < -0.39 is 0 Å². The molecule has 0 heterocycles. The number of benzene rings is 1. The van der Waals surface area contributed by atoms with Gasteiger partial charge in [0, 0.05) is 26.3 Å². The van der Waals surface area contributed by atoms with Gasteiger partial charge in [-0.05, 0) is 18.6 Å². The number of nitrogens with one attached hydrogen (secondary N) is 2. The van der Waals surface area contributed by atoms with Crippen molar-refractivity contribution >= 4 is 5.96 Å². The van der Waals surface area contributed by atoms with E-state index in [4.69, 9.17) is 15.9 Å². The van der Waals surface area contributed by atoms with E-state index in [0.717, 1.165) is 16.9 Å². The fourth-order valence-corrected chi connectivity index (χ4v) is 1.71. The van der Waals surface area contributed by atoms with Crippen LogP contribution in [0.2, 0.25) is 0 Å². The standard InChI is InChI=1S/C16H23N3O2/c1-5-8-18-16(17-3)19-12-14-7-6-13(2)11-15(14)21-10-9-20-4/h1,6-7,11H,8-10,12H2,2-4H3,(H2,17,18,19). The molecule has 0 aliphatic carbocycles. The molecule has 0 atom stereocenters. The van der Waals surface area contributed by atoms with Crippen LogP contribution in [0.4, 0.5) is 0 Å². The van der Waals surface area contributed by atoms with E-state index in [1.165, 1.54) is 0 Å². The average Bonchev–Trinajstić information content (AvgIpc) is 2.49. The fraction of sp³-hybridized carbons (Fsp3) is 0.438. The van der Waals surface area contributed by atoms with Crippen molar-refractivity contribution in [2.24, 2.45) is 4.99 Å². The van der Waals surface area contributed by atoms with Gasteiger partial charge in [0.1, 0.15) is 12.4 Å². The number of aliphatic imine (C=N–C) groups is 1. The van der Waals surface area contributed by atoms with Gasteiger partial charge in [-0.3, -0.25) is 4.99 Å². The summed E-state index contributed by atoms with van der Waals surface area (Å²) in [7, 11) is 3.36. The zero-order valence-corrected chi connectivity index (χ0v) is 12.9. The minimum atomic E-state index is 0.435. The Morgan fingerprint density at radius 3 is 2.81 bits per heavy atom. The van der Waals surface area contributed by atoms with Crippen LogP contribution in [0.1, 0.15) is 11.1 Å². The molecule has 21 heavy (non-hydrogen) atoms. The number of hydrogen-bond acceptors (Lipinski definition) is 3. The van der Waals surface area contributed by atoms with Crippen molar-refractivity contribution < 1.29 is 9.47 Å². The zero-order valence-electron chi connectivity index (χ0n) is 12.9. The molecule has 1 rings (SSSR count). The normalized spacial score (nSPS) is 10.9. The van der Waals surface area contributed by atoms with Gasteiger partial charge in [-0.15, -0.1) is 6.42 Å². The molecule has 114 valence electrons. The van der Waals surface area contributed by atoms with E-state index in [9.17, 15) is 0 Å². The highest BCUT2D eigenvalue weighted by Crippen LogP contribution is 2.20. The Labute approximate surface area is 126 Å². The largest absolute Gasteiger partial charge is 0.491 e. The Hall–Kier alpha value is -2.19. The number of nitrogens with zero attached hydrogens (tertiary/aromatic N) is 1. The first kappa shape index (κ1) is 16.9. The van der Waals surface area contributed by atoms with Crippen molar-refractivity contribution in [2.75, 3.05) is 33.9 Å². The Morgan fingerprint density at radius 2 is 2.14 bits per heavy atom. The molecule has 0 spiro atoms. The molecule has 0 fully saturated rings. The summed E-state index contributed by atoms with van der Waals surface area (Å²) in [6.07, 6.45) is 5.22. The van der Waals surface area contributed by atoms with Crippen molar-refractivity contribution in [1.29, 1.82) is 0 Å². The first-order chi connectivity index (χ1) is 10.2. The Kier molecular flexibility index (Phi) is 7.77. The van der Waals surface area contributed by atoms with Crippen LogP contribution in [0.5, 0.6) is 5.75 Å². The molecule has 0 unspecified atom stereocenters. The van der Waals surface area contributed by atoms with Crippen molar-refractivity contribution in [3.05, 3.63) is 29.3 Å². The van der Waals surface area contributed by atoms with Crippen LogP contribution in [0, 0.1) is 19.3 Å². The second-order valence-corrected chi connectivity index (χ2v) is 4.44. The smallest absolute Gasteiger partial charge is 0.192 e. The van der Waals surface area contributed by atoms with E-state index >= 15 is 0 Å². The molecule has 0 aliphatic heterocycles. The number of guanidine groups is 1. The van der Waals surface area contributed by atoms with Crippen molar-refractivity contribution in [2.45, 2.75) is 13.5 Å². The lowest BCUT2D eigenvalue weighted by atomic mass is 10.1. The Balaban J connectivity index is 2.66. The number of hydrogen-bond donors (Lipinski definition) is 2. The van der Waals surface area contributed by atoms with E-state index in [2.05, 4.69) is 27.6 Å². The predicted molar refractivity (Wildman–Crippen MR) is 85.6 cm³/mol. The third kappa shape index (κ3) is 6.19. The Bertz CT molecular complexity index is 507. The summed E-state index contributed by atoms with van der Waals surface area (Å²) in [6.45, 7) is 4.16. The van der Waals surface area contributed by atoms with Gasteiger partial charge in [0.05, 0.1) is 13.2 Å². The van der Waals surface area contributed by atoms with Gasteiger partial charge in [-0.25, -0.2) is 0 Å². The lowest BCUT2D eigenvalue weighted by Crippen LogP contribution is -2.37. The molecule has 1 aromatic carbocycles. The van der Waals surface area contributed by atoms with Gasteiger partial charge < -0.3 is 20.1 Å². The van der Waals surface area contributed by atoms with Crippen LogP contribution in [0.3, 0.4) is 0 Å². The summed E-state index contributed by atoms with van der Waals surface area (Å²) in [5.74, 6) is 4.03. The van der Waals surface area contributed by atoms with Gasteiger partial charge >= 0.3 is 0 Å². The third-order valence-corrected chi connectivity index (χ3v) is 2.80. The summed E-state index contributed by atoms with van der Waals surface area (Å²) in [5.41, 5.74) is 2.21. The lowest BCUT2D eigenvalue weighted by molar-refractivity contribution is 0.145. The van der Waals surface area contributed by atoms with Gasteiger partial charge in [-0.1, -0.05) is 18.1 Å². The summed E-state index contributed by atoms with van der Waals surface area (Å²) < 4.78 is 10.8. The molecular weight excluding hydrogens is 266 g/mol. The fourth-order valence-electron chi connectivity index (χ4n) is 1.71. The van der Waals surface area contributed by atoms with Gasteiger partial charge in [0.25, 0.3) is 0 Å². The van der Waals surface area contributed by atoms with Crippen LogP contribution >= 0.6 is 0 Å². The zero-order chi connectivity index (χ0) is 15.5. The van der Waals surface area contributed by atoms with Crippen molar-refractivity contribution in [3.63, 3.8) is 0 Å². The van der Waals surface area contributed by atoms with Gasteiger partial charge in [0.2, 0.25) is 0 Å². The van der Waals surface area contributed by atoms with Crippen LogP contribution in [0.15, 0.2) is 23.2 Å². The number of rotatable bonds is 7. The SMILES string of the molecule is C#CCNC(=NC)NCc1ccc(C)cc1OCCOC. The molecule has 0 aliphatic rings. The molecule has 2 N–H and O–H groups in total. The summed E-state index contributed by atoms with van der Waals surface area (Å²) in [5, 5.41) is 6.22. The van der Waals surface area contributed by atoms with Gasteiger partial charge in [-0.2, -0.15) is 0 Å². The number of ether oxygens (including phenoxy) is 2. The number of terminal acetylenes is 1. The monoisotopic (exact) mass is 289 g/mol. The average molecular weight is 289 g/mol. The van der Waals surface area contributed by atoms with Gasteiger partial charge in [0.15, 0.2) is 5.96 Å². The van der Waals surface area contributed by atoms with Crippen molar-refractivity contribution in [1.82, 2.24) is 10.6 Å². The summed E-state index contributed by atoms with van der Waals surface area (Å²) in [6, 6.07) is 6.11. The predicted octanol–water partition coefficient (Wildman–Crippen LogP) is 1.32. The highest BCUT2D eigenvalue weighted by atomic mass is 16.5. The molecule has 5 nitrogen and oxygen atoms in total. The number of methoxy groups -OCH3 is 1. The molecule has 0 aromatic heterocycles. The van der Waals surface area contributed by atoms with Crippen molar-refractivity contribution in [3.8, 4) is 18.1 Å². The second-order valence-electron chi connectivity index (χ2n) is 4.44. The van der Waals surface area contributed by atoms with Crippen LogP contribution < -0.4 is 15.4 Å².